The molecule has 4 heteroatoms. The van der Waals surface area contributed by atoms with Gasteiger partial charge in [0, 0.05) is 30.5 Å². The molecular weight excluding hydrogens is 230 g/mol. The van der Waals surface area contributed by atoms with E-state index in [1.807, 2.05) is 24.3 Å². The Morgan fingerprint density at radius 2 is 2.11 bits per heavy atom. The number of rotatable bonds is 7. The highest BCUT2D eigenvalue weighted by atomic mass is 16.5. The van der Waals surface area contributed by atoms with Crippen LogP contribution < -0.4 is 5.32 Å². The molecule has 0 aliphatic heterocycles. The highest BCUT2D eigenvalue weighted by Crippen LogP contribution is 2.16. The summed E-state index contributed by atoms with van der Waals surface area (Å²) in [7, 11) is 1.65. The van der Waals surface area contributed by atoms with E-state index in [-0.39, 0.29) is 5.97 Å². The zero-order valence-electron chi connectivity index (χ0n) is 10.9. The predicted octanol–water partition coefficient (Wildman–Crippen LogP) is 2.36. The van der Waals surface area contributed by atoms with Crippen LogP contribution in [0.4, 0.5) is 5.69 Å². The summed E-state index contributed by atoms with van der Waals surface area (Å²) in [6, 6.07) is 7.78. The Labute approximate surface area is 108 Å². The van der Waals surface area contributed by atoms with Gasteiger partial charge in [-0.05, 0) is 13.0 Å². The Hall–Kier alpha value is -1.81. The van der Waals surface area contributed by atoms with Gasteiger partial charge < -0.3 is 14.8 Å². The van der Waals surface area contributed by atoms with Crippen molar-refractivity contribution in [3.63, 3.8) is 0 Å². The fourth-order valence-corrected chi connectivity index (χ4v) is 1.48. The van der Waals surface area contributed by atoms with Gasteiger partial charge in [0.15, 0.2) is 0 Å². The fraction of sp³-hybridized carbons (Fsp3) is 0.357. The molecule has 0 unspecified atom stereocenters. The minimum absolute atomic E-state index is 0.359. The van der Waals surface area contributed by atoms with Crippen LogP contribution >= 0.6 is 0 Å². The minimum Gasteiger partial charge on any atom is -0.463 e. The van der Waals surface area contributed by atoms with Crippen LogP contribution in [0.5, 0.6) is 0 Å². The highest BCUT2D eigenvalue weighted by molar-refractivity contribution is 5.88. The molecule has 4 nitrogen and oxygen atoms in total. The smallest absolute Gasteiger partial charge is 0.335 e. The van der Waals surface area contributed by atoms with E-state index in [4.69, 9.17) is 9.47 Å². The van der Waals surface area contributed by atoms with E-state index in [0.717, 1.165) is 11.3 Å². The van der Waals surface area contributed by atoms with E-state index in [1.54, 1.807) is 14.0 Å². The van der Waals surface area contributed by atoms with Gasteiger partial charge in [-0.1, -0.05) is 24.8 Å². The summed E-state index contributed by atoms with van der Waals surface area (Å²) in [6.45, 7) is 6.71. The molecule has 1 aromatic rings. The van der Waals surface area contributed by atoms with Crippen LogP contribution in [0.15, 0.2) is 36.4 Å². The fourth-order valence-electron chi connectivity index (χ4n) is 1.48. The number of para-hydroxylation sites is 1. The van der Waals surface area contributed by atoms with Gasteiger partial charge in [0.2, 0.25) is 0 Å². The largest absolute Gasteiger partial charge is 0.463 e. The molecule has 0 heterocycles. The maximum absolute atomic E-state index is 11.4. The van der Waals surface area contributed by atoms with Gasteiger partial charge in [0.1, 0.15) is 0 Å². The SMILES string of the molecule is C=C(CNc1ccccc1COC)C(=O)OCC. The third-order valence-electron chi connectivity index (χ3n) is 2.37. The Balaban J connectivity index is 2.57. The first kappa shape index (κ1) is 14.3. The van der Waals surface area contributed by atoms with Crippen LogP contribution in [-0.2, 0) is 20.9 Å². The third kappa shape index (κ3) is 4.22. The van der Waals surface area contributed by atoms with Gasteiger partial charge in [-0.15, -0.1) is 0 Å². The number of anilines is 1. The van der Waals surface area contributed by atoms with E-state index in [0.29, 0.717) is 25.3 Å². The van der Waals surface area contributed by atoms with Crippen molar-refractivity contribution in [3.8, 4) is 0 Å². The quantitative estimate of drug-likeness (QED) is 0.595. The van der Waals surface area contributed by atoms with Crippen LogP contribution in [0, 0.1) is 0 Å². The molecule has 0 bridgehead atoms. The summed E-state index contributed by atoms with van der Waals surface area (Å²) in [4.78, 5) is 11.4. The first-order chi connectivity index (χ1) is 8.69. The summed E-state index contributed by atoms with van der Waals surface area (Å²) >= 11 is 0. The lowest BCUT2D eigenvalue weighted by Gasteiger charge is -2.12. The van der Waals surface area contributed by atoms with Crippen molar-refractivity contribution in [2.75, 3.05) is 25.6 Å². The van der Waals surface area contributed by atoms with Gasteiger partial charge in [-0.3, -0.25) is 0 Å². The van der Waals surface area contributed by atoms with Gasteiger partial charge in [0.05, 0.1) is 13.2 Å². The predicted molar refractivity (Wildman–Crippen MR) is 71.4 cm³/mol. The maximum atomic E-state index is 11.4. The van der Waals surface area contributed by atoms with E-state index < -0.39 is 0 Å². The van der Waals surface area contributed by atoms with Crippen molar-refractivity contribution < 1.29 is 14.3 Å². The number of esters is 1. The summed E-state index contributed by atoms with van der Waals surface area (Å²) in [5.41, 5.74) is 2.38. The Bertz CT molecular complexity index is 415. The lowest BCUT2D eigenvalue weighted by molar-refractivity contribution is -0.138. The molecule has 0 radical (unpaired) electrons. The molecule has 0 aliphatic rings. The standard InChI is InChI=1S/C14H19NO3/c1-4-18-14(16)11(2)9-15-13-8-6-5-7-12(13)10-17-3/h5-8,15H,2,4,9-10H2,1,3H3. The second kappa shape index (κ2) is 7.50. The molecule has 1 N–H and O–H groups in total. The molecule has 98 valence electrons. The lowest BCUT2D eigenvalue weighted by Crippen LogP contribution is -2.15. The second-order valence-corrected chi connectivity index (χ2v) is 3.77. The lowest BCUT2D eigenvalue weighted by atomic mass is 10.2. The van der Waals surface area contributed by atoms with Gasteiger partial charge >= 0.3 is 5.97 Å². The van der Waals surface area contributed by atoms with Crippen LogP contribution in [0.2, 0.25) is 0 Å². The molecule has 1 aromatic carbocycles. The molecule has 0 fully saturated rings. The summed E-state index contributed by atoms with van der Waals surface area (Å²) in [5, 5.41) is 3.16. The summed E-state index contributed by atoms with van der Waals surface area (Å²) in [5.74, 6) is -0.366. The molecule has 0 atom stereocenters. The number of carbonyl (C=O) groups excluding carboxylic acids is 1. The zero-order chi connectivity index (χ0) is 13.4. The molecule has 0 spiro atoms. The number of hydrogen-bond donors (Lipinski definition) is 1. The maximum Gasteiger partial charge on any atom is 0.335 e. The van der Waals surface area contributed by atoms with Crippen molar-refractivity contribution in [2.24, 2.45) is 0 Å². The van der Waals surface area contributed by atoms with E-state index >= 15 is 0 Å². The Kier molecular flexibility index (Phi) is 5.94. The van der Waals surface area contributed by atoms with Crippen molar-refractivity contribution in [2.45, 2.75) is 13.5 Å². The second-order valence-electron chi connectivity index (χ2n) is 3.77. The molecule has 1 rings (SSSR count). The van der Waals surface area contributed by atoms with Crippen molar-refractivity contribution in [3.05, 3.63) is 42.0 Å². The molecular formula is C14H19NO3. The number of benzene rings is 1. The monoisotopic (exact) mass is 249 g/mol. The molecule has 18 heavy (non-hydrogen) atoms. The Morgan fingerprint density at radius 3 is 2.78 bits per heavy atom. The third-order valence-corrected chi connectivity index (χ3v) is 2.37. The number of nitrogens with one attached hydrogen (secondary N) is 1. The first-order valence-electron chi connectivity index (χ1n) is 5.84. The van der Waals surface area contributed by atoms with Gasteiger partial charge in [-0.25, -0.2) is 4.79 Å². The van der Waals surface area contributed by atoms with Gasteiger partial charge in [-0.2, -0.15) is 0 Å². The Morgan fingerprint density at radius 1 is 1.39 bits per heavy atom. The van der Waals surface area contributed by atoms with E-state index in [9.17, 15) is 4.79 Å². The molecule has 0 amide bonds. The van der Waals surface area contributed by atoms with Crippen molar-refractivity contribution >= 4 is 11.7 Å². The van der Waals surface area contributed by atoms with Crippen LogP contribution in [0.1, 0.15) is 12.5 Å². The number of carbonyl (C=O) groups is 1. The average molecular weight is 249 g/mol. The first-order valence-corrected chi connectivity index (χ1v) is 5.84. The highest BCUT2D eigenvalue weighted by Gasteiger charge is 2.08. The molecule has 0 saturated carbocycles. The van der Waals surface area contributed by atoms with Gasteiger partial charge in [0.25, 0.3) is 0 Å². The van der Waals surface area contributed by atoms with Crippen molar-refractivity contribution in [1.29, 1.82) is 0 Å². The number of hydrogen-bond acceptors (Lipinski definition) is 4. The normalized spacial score (nSPS) is 9.89. The zero-order valence-corrected chi connectivity index (χ0v) is 10.9. The minimum atomic E-state index is -0.366. The number of ether oxygens (including phenoxy) is 2. The van der Waals surface area contributed by atoms with Crippen LogP contribution in [0.25, 0.3) is 0 Å². The van der Waals surface area contributed by atoms with Crippen LogP contribution in [-0.4, -0.2) is 26.2 Å². The topological polar surface area (TPSA) is 47.6 Å². The van der Waals surface area contributed by atoms with E-state index in [2.05, 4.69) is 11.9 Å². The molecule has 0 saturated heterocycles. The van der Waals surface area contributed by atoms with E-state index in [1.165, 1.54) is 0 Å². The van der Waals surface area contributed by atoms with Crippen LogP contribution in [0.3, 0.4) is 0 Å². The summed E-state index contributed by atoms with van der Waals surface area (Å²) in [6.07, 6.45) is 0. The molecule has 0 aliphatic carbocycles. The average Bonchev–Trinajstić information content (AvgIpc) is 2.38. The summed E-state index contributed by atoms with van der Waals surface area (Å²) < 4.78 is 9.97. The van der Waals surface area contributed by atoms with Crippen molar-refractivity contribution in [1.82, 2.24) is 0 Å². The number of methoxy groups -OCH3 is 1. The molecule has 0 aromatic heterocycles.